The van der Waals surface area contributed by atoms with E-state index < -0.39 is 0 Å². The van der Waals surface area contributed by atoms with Gasteiger partial charge in [-0.1, -0.05) is 12.1 Å². The lowest BCUT2D eigenvalue weighted by atomic mass is 10.1. The highest BCUT2D eigenvalue weighted by molar-refractivity contribution is 5.27. The number of rotatable bonds is 7. The molecule has 1 aliphatic rings. The lowest BCUT2D eigenvalue weighted by Gasteiger charge is -2.09. The molecule has 0 radical (unpaired) electrons. The first-order valence-electron chi connectivity index (χ1n) is 6.80. The fourth-order valence-corrected chi connectivity index (χ4v) is 2.27. The minimum atomic E-state index is 0.776. The van der Waals surface area contributed by atoms with Crippen LogP contribution >= 0.6 is 0 Å². The summed E-state index contributed by atoms with van der Waals surface area (Å²) in [5.41, 5.74) is 1.35. The molecule has 0 aliphatic carbocycles. The zero-order chi connectivity index (χ0) is 12.6. The summed E-state index contributed by atoms with van der Waals surface area (Å²) < 4.78 is 10.5. The van der Waals surface area contributed by atoms with Crippen molar-refractivity contribution < 1.29 is 9.47 Å². The molecule has 1 unspecified atom stereocenters. The summed E-state index contributed by atoms with van der Waals surface area (Å²) in [5, 5.41) is 3.50. The van der Waals surface area contributed by atoms with Crippen LogP contribution in [-0.2, 0) is 11.2 Å². The highest BCUT2D eigenvalue weighted by Gasteiger charge is 2.14. The molecule has 0 spiro atoms. The summed E-state index contributed by atoms with van der Waals surface area (Å²) in [6.45, 7) is 4.06. The van der Waals surface area contributed by atoms with Crippen LogP contribution in [0.25, 0.3) is 0 Å². The quantitative estimate of drug-likeness (QED) is 0.752. The maximum absolute atomic E-state index is 5.37. The Morgan fingerprint density at radius 2 is 2.11 bits per heavy atom. The second kappa shape index (κ2) is 7.39. The van der Waals surface area contributed by atoms with Gasteiger partial charge in [-0.2, -0.15) is 0 Å². The Balaban J connectivity index is 1.56. The Bertz CT molecular complexity index is 331. The lowest BCUT2D eigenvalue weighted by molar-refractivity contribution is 0.184. The molecule has 1 aromatic rings. The van der Waals surface area contributed by atoms with Gasteiger partial charge in [0.1, 0.15) is 5.75 Å². The first-order valence-corrected chi connectivity index (χ1v) is 6.80. The van der Waals surface area contributed by atoms with E-state index in [4.69, 9.17) is 9.47 Å². The van der Waals surface area contributed by atoms with Crippen LogP contribution in [0.1, 0.15) is 18.4 Å². The zero-order valence-corrected chi connectivity index (χ0v) is 11.2. The Morgan fingerprint density at radius 1 is 1.28 bits per heavy atom. The van der Waals surface area contributed by atoms with Crippen LogP contribution in [0.2, 0.25) is 0 Å². The number of nitrogens with one attached hydrogen (secondary N) is 1. The van der Waals surface area contributed by atoms with Crippen molar-refractivity contribution in [3.63, 3.8) is 0 Å². The largest absolute Gasteiger partial charge is 0.497 e. The summed E-state index contributed by atoms with van der Waals surface area (Å²) >= 11 is 0. The summed E-state index contributed by atoms with van der Waals surface area (Å²) in [6.07, 6.45) is 3.55. The molecule has 1 fully saturated rings. The lowest BCUT2D eigenvalue weighted by Crippen LogP contribution is -2.21. The van der Waals surface area contributed by atoms with Crippen LogP contribution < -0.4 is 10.1 Å². The van der Waals surface area contributed by atoms with Crippen LogP contribution in [0, 0.1) is 5.92 Å². The number of hydrogen-bond acceptors (Lipinski definition) is 3. The first-order chi connectivity index (χ1) is 8.88. The number of ether oxygens (including phenoxy) is 2. The molecule has 1 N–H and O–H groups in total. The van der Waals surface area contributed by atoms with Crippen molar-refractivity contribution in [1.29, 1.82) is 0 Å². The summed E-state index contributed by atoms with van der Waals surface area (Å²) in [5.74, 6) is 1.70. The third kappa shape index (κ3) is 4.31. The normalized spacial score (nSPS) is 19.1. The SMILES string of the molecule is COc1ccc(CCNCCC2CCOC2)cc1. The van der Waals surface area contributed by atoms with Crippen molar-refractivity contribution in [1.82, 2.24) is 5.32 Å². The van der Waals surface area contributed by atoms with Crippen LogP contribution in [-0.4, -0.2) is 33.4 Å². The molecule has 100 valence electrons. The second-order valence-electron chi connectivity index (χ2n) is 4.87. The monoisotopic (exact) mass is 249 g/mol. The van der Waals surface area contributed by atoms with Crippen LogP contribution in [0.5, 0.6) is 5.75 Å². The molecule has 0 amide bonds. The van der Waals surface area contributed by atoms with Gasteiger partial charge in [0.15, 0.2) is 0 Å². The maximum Gasteiger partial charge on any atom is 0.118 e. The van der Waals surface area contributed by atoms with Crippen LogP contribution in [0.4, 0.5) is 0 Å². The van der Waals surface area contributed by atoms with Gasteiger partial charge in [0.05, 0.1) is 7.11 Å². The van der Waals surface area contributed by atoms with Gasteiger partial charge in [-0.3, -0.25) is 0 Å². The van der Waals surface area contributed by atoms with Gasteiger partial charge >= 0.3 is 0 Å². The predicted molar refractivity (Wildman–Crippen MR) is 73.1 cm³/mol. The van der Waals surface area contributed by atoms with Crippen molar-refractivity contribution in [2.75, 3.05) is 33.4 Å². The Hall–Kier alpha value is -1.06. The molecule has 18 heavy (non-hydrogen) atoms. The van der Waals surface area contributed by atoms with Gasteiger partial charge in [0.2, 0.25) is 0 Å². The summed E-state index contributed by atoms with van der Waals surface area (Å²) in [4.78, 5) is 0. The molecule has 1 heterocycles. The van der Waals surface area contributed by atoms with Gasteiger partial charge in [0.25, 0.3) is 0 Å². The van der Waals surface area contributed by atoms with Gasteiger partial charge in [-0.25, -0.2) is 0 Å². The van der Waals surface area contributed by atoms with Gasteiger partial charge < -0.3 is 14.8 Å². The standard InChI is InChI=1S/C15H23NO2/c1-17-15-4-2-13(3-5-15)6-9-16-10-7-14-8-11-18-12-14/h2-5,14,16H,6-12H2,1H3. The molecule has 3 heteroatoms. The van der Waals surface area contributed by atoms with E-state index in [-0.39, 0.29) is 0 Å². The highest BCUT2D eigenvalue weighted by atomic mass is 16.5. The summed E-state index contributed by atoms with van der Waals surface area (Å²) in [6, 6.07) is 8.30. The third-order valence-corrected chi connectivity index (χ3v) is 3.50. The highest BCUT2D eigenvalue weighted by Crippen LogP contribution is 2.15. The van der Waals surface area contributed by atoms with Gasteiger partial charge in [-0.05, 0) is 56.0 Å². The molecule has 3 nitrogen and oxygen atoms in total. The Kier molecular flexibility index (Phi) is 5.49. The van der Waals surface area contributed by atoms with E-state index in [1.807, 2.05) is 12.1 Å². The minimum absolute atomic E-state index is 0.776. The van der Waals surface area contributed by atoms with E-state index >= 15 is 0 Å². The fraction of sp³-hybridized carbons (Fsp3) is 0.600. The van der Waals surface area contributed by atoms with Crippen LogP contribution in [0.15, 0.2) is 24.3 Å². The number of hydrogen-bond donors (Lipinski definition) is 1. The third-order valence-electron chi connectivity index (χ3n) is 3.50. The molecule has 1 atom stereocenters. The second-order valence-corrected chi connectivity index (χ2v) is 4.87. The molecule has 1 saturated heterocycles. The van der Waals surface area contributed by atoms with E-state index in [2.05, 4.69) is 17.4 Å². The molecule has 0 aromatic heterocycles. The van der Waals surface area contributed by atoms with E-state index in [0.29, 0.717) is 0 Å². The molecule has 1 aliphatic heterocycles. The molecule has 1 aromatic carbocycles. The smallest absolute Gasteiger partial charge is 0.118 e. The van der Waals surface area contributed by atoms with E-state index in [0.717, 1.165) is 44.4 Å². The van der Waals surface area contributed by atoms with E-state index in [1.54, 1.807) is 7.11 Å². The van der Waals surface area contributed by atoms with Crippen molar-refractivity contribution in [3.05, 3.63) is 29.8 Å². The van der Waals surface area contributed by atoms with Crippen molar-refractivity contribution in [2.24, 2.45) is 5.92 Å². The van der Waals surface area contributed by atoms with E-state index in [9.17, 15) is 0 Å². The number of benzene rings is 1. The van der Waals surface area contributed by atoms with Gasteiger partial charge in [0, 0.05) is 13.2 Å². The Labute approximate surface area is 109 Å². The average molecular weight is 249 g/mol. The van der Waals surface area contributed by atoms with Crippen LogP contribution in [0.3, 0.4) is 0 Å². The number of methoxy groups -OCH3 is 1. The van der Waals surface area contributed by atoms with Crippen molar-refractivity contribution in [2.45, 2.75) is 19.3 Å². The topological polar surface area (TPSA) is 30.5 Å². The average Bonchev–Trinajstić information content (AvgIpc) is 2.92. The first kappa shape index (κ1) is 13.4. The van der Waals surface area contributed by atoms with Gasteiger partial charge in [-0.15, -0.1) is 0 Å². The Morgan fingerprint density at radius 3 is 2.78 bits per heavy atom. The molecular weight excluding hydrogens is 226 g/mol. The molecule has 0 bridgehead atoms. The van der Waals surface area contributed by atoms with E-state index in [1.165, 1.54) is 18.4 Å². The molecule has 2 rings (SSSR count). The molecule has 0 saturated carbocycles. The van der Waals surface area contributed by atoms with Crippen molar-refractivity contribution >= 4 is 0 Å². The summed E-state index contributed by atoms with van der Waals surface area (Å²) in [7, 11) is 1.70. The zero-order valence-electron chi connectivity index (χ0n) is 11.2. The maximum atomic E-state index is 5.37. The fourth-order valence-electron chi connectivity index (χ4n) is 2.27. The minimum Gasteiger partial charge on any atom is -0.497 e. The predicted octanol–water partition coefficient (Wildman–Crippen LogP) is 2.25. The van der Waals surface area contributed by atoms with Crippen molar-refractivity contribution in [3.8, 4) is 5.75 Å². The molecular formula is C15H23NO2.